The predicted octanol–water partition coefficient (Wildman–Crippen LogP) is -1.70. The Morgan fingerprint density at radius 3 is 2.30 bits per heavy atom. The highest BCUT2D eigenvalue weighted by Crippen LogP contribution is 2.13. The van der Waals surface area contributed by atoms with Gasteiger partial charge in [0.25, 0.3) is 0 Å². The van der Waals surface area contributed by atoms with E-state index in [9.17, 15) is 23.1 Å². The van der Waals surface area contributed by atoms with Crippen LogP contribution in [-0.4, -0.2) is 84.0 Å². The van der Waals surface area contributed by atoms with E-state index >= 15 is 0 Å². The fourth-order valence-corrected chi connectivity index (χ4v) is 3.16. The second kappa shape index (κ2) is 6.64. The Hall–Kier alpha value is -1.98. The molecule has 0 aliphatic rings. The van der Waals surface area contributed by atoms with Gasteiger partial charge >= 0.3 is 11.9 Å². The van der Waals surface area contributed by atoms with E-state index in [-0.39, 0.29) is 10.9 Å². The zero-order chi connectivity index (χ0) is 18.0. The van der Waals surface area contributed by atoms with Crippen LogP contribution in [0.25, 0.3) is 0 Å². The normalized spacial score (nSPS) is 15.1. The molecular formula is C12H21N4O6S+. The van der Waals surface area contributed by atoms with Crippen LogP contribution in [0, 0.1) is 0 Å². The van der Waals surface area contributed by atoms with E-state index in [2.05, 4.69) is 9.97 Å². The maximum Gasteiger partial charge on any atom is 0.362 e. The quantitative estimate of drug-likeness (QED) is 0.403. The molecule has 1 aromatic heterocycles. The summed E-state index contributed by atoms with van der Waals surface area (Å²) in [6, 6.07) is -2.36. The van der Waals surface area contributed by atoms with E-state index in [1.165, 1.54) is 6.20 Å². The molecule has 1 heterocycles. The lowest BCUT2D eigenvalue weighted by Gasteiger charge is -2.30. The highest BCUT2D eigenvalue weighted by Gasteiger charge is 2.33. The molecule has 0 saturated heterocycles. The van der Waals surface area contributed by atoms with Gasteiger partial charge in [-0.05, 0) is 0 Å². The fraction of sp³-hybridized carbons (Fsp3) is 0.583. The van der Waals surface area contributed by atoms with Gasteiger partial charge in [-0.1, -0.05) is 0 Å². The summed E-state index contributed by atoms with van der Waals surface area (Å²) in [4.78, 5) is 28.2. The molecule has 0 spiro atoms. The lowest BCUT2D eigenvalue weighted by Crippen LogP contribution is -2.51. The highest BCUT2D eigenvalue weighted by molar-refractivity contribution is 7.91. The fourth-order valence-electron chi connectivity index (χ4n) is 1.89. The van der Waals surface area contributed by atoms with Crippen molar-refractivity contribution in [2.24, 2.45) is 5.73 Å². The zero-order valence-corrected chi connectivity index (χ0v) is 13.9. The van der Waals surface area contributed by atoms with Gasteiger partial charge in [-0.15, -0.1) is 0 Å². The van der Waals surface area contributed by atoms with E-state index in [4.69, 9.17) is 10.8 Å². The minimum atomic E-state index is -4.00. The molecule has 0 saturated carbocycles. The number of likely N-dealkylation sites (N-methyl/N-ethyl adjacent to an activating group) is 1. The Bertz CT molecular complexity index is 691. The zero-order valence-electron chi connectivity index (χ0n) is 13.1. The maximum atomic E-state index is 12.0. The lowest BCUT2D eigenvalue weighted by atomic mass is 10.1. The summed E-state index contributed by atoms with van der Waals surface area (Å²) in [5, 5.41) is 17.5. The molecule has 1 rings (SSSR count). The Kier molecular flexibility index (Phi) is 5.51. The summed E-state index contributed by atoms with van der Waals surface area (Å²) in [7, 11) is 1.12. The van der Waals surface area contributed by atoms with Gasteiger partial charge in [0.1, 0.15) is 6.04 Å². The van der Waals surface area contributed by atoms with Crippen molar-refractivity contribution >= 4 is 21.8 Å². The molecule has 0 aliphatic carbocycles. The van der Waals surface area contributed by atoms with Crippen LogP contribution in [0.1, 0.15) is 5.69 Å². The van der Waals surface area contributed by atoms with Crippen LogP contribution in [0.2, 0.25) is 0 Å². The van der Waals surface area contributed by atoms with Gasteiger partial charge in [-0.2, -0.15) is 0 Å². The summed E-state index contributed by atoms with van der Waals surface area (Å²) in [5.74, 6) is -3.26. The number of aromatic amines is 1. The minimum Gasteiger partial charge on any atom is -0.480 e. The Balaban J connectivity index is 2.97. The molecule has 0 amide bonds. The van der Waals surface area contributed by atoms with Crippen LogP contribution >= 0.6 is 0 Å². The number of carbonyl (C=O) groups is 2. The second-order valence-corrected chi connectivity index (χ2v) is 8.06. The molecule has 0 aromatic carbocycles. The number of nitrogens with two attached hydrogens (primary N) is 1. The average Bonchev–Trinajstić information content (AvgIpc) is 2.82. The van der Waals surface area contributed by atoms with E-state index in [1.807, 2.05) is 0 Å². The number of aromatic nitrogens is 2. The largest absolute Gasteiger partial charge is 0.480 e. The third kappa shape index (κ3) is 5.01. The number of rotatable bonds is 8. The van der Waals surface area contributed by atoms with Gasteiger partial charge in [0.05, 0.1) is 33.3 Å². The number of hydrogen-bond donors (Lipinski definition) is 4. The van der Waals surface area contributed by atoms with E-state index in [0.717, 1.165) is 0 Å². The minimum absolute atomic E-state index is 0.0480. The van der Waals surface area contributed by atoms with Gasteiger partial charge in [0.2, 0.25) is 15.0 Å². The second-order valence-electron chi connectivity index (χ2n) is 6.11. The molecule has 0 radical (unpaired) electrons. The number of sulfone groups is 1. The third-order valence-corrected chi connectivity index (χ3v) is 4.84. The standard InChI is InChI=1S/C12H20N4O6S/c1-16(2,3)9(11(19)20)4-7-5-14-12(15-7)23(21,22)6-8(13)10(17)18/h5,8-9H,4,6,13H2,1-3H3,(H2-,14,15,17,18,19,20)/p+1/t8-,9-/m0/s1. The van der Waals surface area contributed by atoms with Gasteiger partial charge in [-0.3, -0.25) is 4.79 Å². The Labute approximate surface area is 133 Å². The van der Waals surface area contributed by atoms with Crippen molar-refractivity contribution in [1.82, 2.24) is 9.97 Å². The first-order valence-electron chi connectivity index (χ1n) is 6.63. The molecule has 11 heteroatoms. The molecule has 10 nitrogen and oxygen atoms in total. The summed E-state index contributed by atoms with van der Waals surface area (Å²) in [6.07, 6.45) is 1.27. The average molecular weight is 349 g/mol. The molecule has 1 aromatic rings. The summed E-state index contributed by atoms with van der Waals surface area (Å²) in [6.45, 7) is 0. The smallest absolute Gasteiger partial charge is 0.362 e. The summed E-state index contributed by atoms with van der Waals surface area (Å²) >= 11 is 0. The van der Waals surface area contributed by atoms with Crippen LogP contribution in [0.15, 0.2) is 11.4 Å². The molecule has 130 valence electrons. The number of carboxylic acids is 2. The highest BCUT2D eigenvalue weighted by atomic mass is 32.2. The van der Waals surface area contributed by atoms with Crippen LogP contribution in [0.3, 0.4) is 0 Å². The first-order chi connectivity index (χ1) is 10.3. The molecule has 0 unspecified atom stereocenters. The molecule has 0 bridgehead atoms. The maximum absolute atomic E-state index is 12.0. The number of hydrogen-bond acceptors (Lipinski definition) is 6. The number of nitrogens with one attached hydrogen (secondary N) is 1. The van der Waals surface area contributed by atoms with Crippen LogP contribution < -0.4 is 5.73 Å². The topological polar surface area (TPSA) is 163 Å². The van der Waals surface area contributed by atoms with E-state index < -0.39 is 44.8 Å². The Morgan fingerprint density at radius 1 is 1.30 bits per heavy atom. The van der Waals surface area contributed by atoms with Crippen molar-refractivity contribution < 1.29 is 32.7 Å². The van der Waals surface area contributed by atoms with Crippen molar-refractivity contribution in [3.63, 3.8) is 0 Å². The number of nitrogens with zero attached hydrogens (tertiary/aromatic N) is 2. The van der Waals surface area contributed by atoms with Crippen LogP contribution in [0.4, 0.5) is 0 Å². The van der Waals surface area contributed by atoms with Crippen LogP contribution in [0.5, 0.6) is 0 Å². The lowest BCUT2D eigenvalue weighted by molar-refractivity contribution is -0.887. The van der Waals surface area contributed by atoms with E-state index in [0.29, 0.717) is 5.69 Å². The molecule has 0 aliphatic heterocycles. The van der Waals surface area contributed by atoms with Gasteiger partial charge < -0.3 is 25.4 Å². The molecule has 2 atom stereocenters. The van der Waals surface area contributed by atoms with E-state index in [1.54, 1.807) is 21.1 Å². The number of H-pyrrole nitrogens is 1. The van der Waals surface area contributed by atoms with Crippen molar-refractivity contribution in [3.8, 4) is 0 Å². The van der Waals surface area contributed by atoms with Crippen molar-refractivity contribution in [1.29, 1.82) is 0 Å². The predicted molar refractivity (Wildman–Crippen MR) is 79.4 cm³/mol. The molecule has 23 heavy (non-hydrogen) atoms. The van der Waals surface area contributed by atoms with Crippen LogP contribution in [-0.2, 0) is 25.8 Å². The molecule has 0 fully saturated rings. The third-order valence-electron chi connectivity index (χ3n) is 3.25. The van der Waals surface area contributed by atoms with Gasteiger partial charge in [-0.25, -0.2) is 18.2 Å². The SMILES string of the molecule is C[N+](C)(C)[C@@H](Cc1cnc(S(=O)(=O)C[C@H](N)C(=O)O)[nH]1)C(=O)O. The number of carboxylic acid groups (broad SMARTS) is 2. The van der Waals surface area contributed by atoms with Crippen molar-refractivity contribution in [3.05, 3.63) is 11.9 Å². The van der Waals surface area contributed by atoms with Crippen molar-refractivity contribution in [2.45, 2.75) is 23.7 Å². The molecular weight excluding hydrogens is 328 g/mol. The first kappa shape index (κ1) is 19.1. The van der Waals surface area contributed by atoms with Crippen molar-refractivity contribution in [2.75, 3.05) is 26.9 Å². The molecule has 5 N–H and O–H groups in total. The number of aliphatic carboxylic acids is 2. The summed E-state index contributed by atoms with van der Waals surface area (Å²) < 4.78 is 24.2. The van der Waals surface area contributed by atoms with Gasteiger partial charge in [0, 0.05) is 11.9 Å². The first-order valence-corrected chi connectivity index (χ1v) is 8.28. The number of imidazole rings is 1. The van der Waals surface area contributed by atoms with Gasteiger partial charge in [0.15, 0.2) is 6.04 Å². The Morgan fingerprint density at radius 2 is 1.87 bits per heavy atom. The summed E-state index contributed by atoms with van der Waals surface area (Å²) in [5.41, 5.74) is 5.55. The monoisotopic (exact) mass is 349 g/mol. The number of quaternary nitrogens is 1.